The first-order chi connectivity index (χ1) is 9.13. The summed E-state index contributed by atoms with van der Waals surface area (Å²) in [5.41, 5.74) is 7.94. The van der Waals surface area contributed by atoms with E-state index in [1.807, 2.05) is 17.1 Å². The highest BCUT2D eigenvalue weighted by Crippen LogP contribution is 2.19. The molecule has 2 aromatic rings. The molecule has 3 N–H and O–H groups in total. The number of nitrogens with one attached hydrogen (secondary N) is 1. The summed E-state index contributed by atoms with van der Waals surface area (Å²) in [6, 6.07) is 6.65. The molecular weight excluding hydrogens is 236 g/mol. The van der Waals surface area contributed by atoms with Crippen LogP contribution in [0.5, 0.6) is 0 Å². The lowest BCUT2D eigenvalue weighted by molar-refractivity contribution is 0.550. The highest BCUT2D eigenvalue weighted by atomic mass is 15.3. The van der Waals surface area contributed by atoms with E-state index in [-0.39, 0.29) is 6.04 Å². The number of aromatic nitrogens is 2. The molecule has 1 heterocycles. The third-order valence-corrected chi connectivity index (χ3v) is 3.59. The molecule has 1 aromatic heterocycles. The maximum absolute atomic E-state index is 5.68. The van der Waals surface area contributed by atoms with E-state index in [1.54, 1.807) is 0 Å². The van der Waals surface area contributed by atoms with Crippen LogP contribution in [-0.2, 0) is 13.0 Å². The molecule has 1 atom stereocenters. The number of nitrogens with zero attached hydrogens (tertiary/aromatic N) is 2. The Morgan fingerprint density at radius 3 is 2.68 bits per heavy atom. The van der Waals surface area contributed by atoms with Gasteiger partial charge in [-0.25, -0.2) is 0 Å². The van der Waals surface area contributed by atoms with Crippen molar-refractivity contribution in [2.75, 3.05) is 0 Å². The summed E-state index contributed by atoms with van der Waals surface area (Å²) < 4.78 is 1.92. The maximum atomic E-state index is 5.68. The van der Waals surface area contributed by atoms with Crippen LogP contribution >= 0.6 is 0 Å². The van der Waals surface area contributed by atoms with Crippen molar-refractivity contribution in [2.24, 2.45) is 5.84 Å². The number of benzene rings is 1. The number of nitrogens with two attached hydrogens (primary N) is 1. The Morgan fingerprint density at radius 2 is 2.11 bits per heavy atom. The molecule has 0 amide bonds. The smallest absolute Gasteiger partial charge is 0.0538 e. The number of rotatable bonds is 5. The normalized spacial score (nSPS) is 12.6. The minimum absolute atomic E-state index is 0.0995. The van der Waals surface area contributed by atoms with Gasteiger partial charge in [0.15, 0.2) is 0 Å². The zero-order valence-electron chi connectivity index (χ0n) is 11.9. The summed E-state index contributed by atoms with van der Waals surface area (Å²) in [5.74, 6) is 5.68. The van der Waals surface area contributed by atoms with Crippen molar-refractivity contribution in [1.82, 2.24) is 15.2 Å². The van der Waals surface area contributed by atoms with Crippen molar-refractivity contribution < 1.29 is 0 Å². The van der Waals surface area contributed by atoms with Crippen LogP contribution in [0.1, 0.15) is 35.2 Å². The Morgan fingerprint density at radius 1 is 1.32 bits per heavy atom. The number of hydrogen-bond donors (Lipinski definition) is 2. The van der Waals surface area contributed by atoms with Crippen molar-refractivity contribution in [3.8, 4) is 0 Å². The summed E-state index contributed by atoms with van der Waals surface area (Å²) in [5, 5.41) is 4.30. The van der Waals surface area contributed by atoms with Crippen LogP contribution in [0, 0.1) is 13.8 Å². The lowest BCUT2D eigenvalue weighted by Gasteiger charge is -2.15. The molecule has 1 aromatic carbocycles. The minimum atomic E-state index is 0.0995. The molecule has 0 aliphatic carbocycles. The van der Waals surface area contributed by atoms with E-state index in [0.717, 1.165) is 18.5 Å². The second kappa shape index (κ2) is 5.99. The molecule has 0 fully saturated rings. The number of hydrazine groups is 1. The first-order valence-electron chi connectivity index (χ1n) is 6.68. The van der Waals surface area contributed by atoms with Crippen LogP contribution in [0.25, 0.3) is 0 Å². The van der Waals surface area contributed by atoms with E-state index in [2.05, 4.69) is 49.5 Å². The van der Waals surface area contributed by atoms with Crippen LogP contribution in [0.4, 0.5) is 0 Å². The Labute approximate surface area is 114 Å². The van der Waals surface area contributed by atoms with Gasteiger partial charge in [0, 0.05) is 18.3 Å². The molecule has 1 unspecified atom stereocenters. The fourth-order valence-corrected chi connectivity index (χ4v) is 2.17. The van der Waals surface area contributed by atoms with Gasteiger partial charge in [0.1, 0.15) is 0 Å². The van der Waals surface area contributed by atoms with Gasteiger partial charge in [-0.05, 0) is 43.9 Å². The molecule has 2 rings (SSSR count). The first-order valence-corrected chi connectivity index (χ1v) is 6.68. The predicted octanol–water partition coefficient (Wildman–Crippen LogP) is 2.27. The number of aryl methyl sites for hydroxylation is 3. The van der Waals surface area contributed by atoms with E-state index in [0.29, 0.717) is 0 Å². The molecule has 0 spiro atoms. The maximum Gasteiger partial charge on any atom is 0.0538 e. The van der Waals surface area contributed by atoms with Gasteiger partial charge in [-0.2, -0.15) is 5.10 Å². The van der Waals surface area contributed by atoms with Crippen molar-refractivity contribution in [3.05, 3.63) is 52.8 Å². The van der Waals surface area contributed by atoms with Crippen molar-refractivity contribution in [1.29, 1.82) is 0 Å². The van der Waals surface area contributed by atoms with E-state index >= 15 is 0 Å². The van der Waals surface area contributed by atoms with Crippen molar-refractivity contribution in [3.63, 3.8) is 0 Å². The Kier molecular flexibility index (Phi) is 4.35. The molecule has 0 bridgehead atoms. The van der Waals surface area contributed by atoms with Crippen LogP contribution in [0.3, 0.4) is 0 Å². The van der Waals surface area contributed by atoms with E-state index in [9.17, 15) is 0 Å². The molecule has 0 aliphatic heterocycles. The highest BCUT2D eigenvalue weighted by molar-refractivity contribution is 5.31. The summed E-state index contributed by atoms with van der Waals surface area (Å²) in [6.45, 7) is 7.22. The van der Waals surface area contributed by atoms with Crippen molar-refractivity contribution in [2.45, 2.75) is 39.8 Å². The average molecular weight is 258 g/mol. The van der Waals surface area contributed by atoms with Gasteiger partial charge in [-0.1, -0.05) is 18.2 Å². The van der Waals surface area contributed by atoms with Crippen LogP contribution in [-0.4, -0.2) is 9.78 Å². The summed E-state index contributed by atoms with van der Waals surface area (Å²) in [4.78, 5) is 0. The predicted molar refractivity (Wildman–Crippen MR) is 77.6 cm³/mol. The second-order valence-electron chi connectivity index (χ2n) is 4.97. The van der Waals surface area contributed by atoms with E-state index in [1.165, 1.54) is 16.7 Å². The Bertz CT molecular complexity index is 545. The van der Waals surface area contributed by atoms with Gasteiger partial charge in [-0.3, -0.25) is 16.0 Å². The van der Waals surface area contributed by atoms with Crippen LogP contribution < -0.4 is 11.3 Å². The lowest BCUT2D eigenvalue weighted by atomic mass is 9.98. The lowest BCUT2D eigenvalue weighted by Crippen LogP contribution is -2.29. The molecule has 4 heteroatoms. The molecule has 102 valence electrons. The molecule has 0 radical (unpaired) electrons. The molecule has 0 saturated carbocycles. The van der Waals surface area contributed by atoms with Gasteiger partial charge in [0.2, 0.25) is 0 Å². The number of hydrogen-bond acceptors (Lipinski definition) is 3. The van der Waals surface area contributed by atoms with Gasteiger partial charge in [0.05, 0.1) is 12.2 Å². The van der Waals surface area contributed by atoms with E-state index < -0.39 is 0 Å². The second-order valence-corrected chi connectivity index (χ2v) is 4.97. The Hall–Kier alpha value is -1.65. The third kappa shape index (κ3) is 3.22. The summed E-state index contributed by atoms with van der Waals surface area (Å²) in [7, 11) is 0. The van der Waals surface area contributed by atoms with Gasteiger partial charge >= 0.3 is 0 Å². The molecule has 19 heavy (non-hydrogen) atoms. The summed E-state index contributed by atoms with van der Waals surface area (Å²) in [6.07, 6.45) is 4.80. The van der Waals surface area contributed by atoms with Gasteiger partial charge in [-0.15, -0.1) is 0 Å². The topological polar surface area (TPSA) is 55.9 Å². The molecule has 4 nitrogen and oxygen atoms in total. The third-order valence-electron chi connectivity index (χ3n) is 3.59. The van der Waals surface area contributed by atoms with Crippen LogP contribution in [0.2, 0.25) is 0 Å². The quantitative estimate of drug-likeness (QED) is 0.639. The van der Waals surface area contributed by atoms with Crippen molar-refractivity contribution >= 4 is 0 Å². The fraction of sp³-hybridized carbons (Fsp3) is 0.400. The van der Waals surface area contributed by atoms with E-state index in [4.69, 9.17) is 5.84 Å². The van der Waals surface area contributed by atoms with Crippen LogP contribution in [0.15, 0.2) is 30.6 Å². The van der Waals surface area contributed by atoms with Gasteiger partial charge < -0.3 is 0 Å². The summed E-state index contributed by atoms with van der Waals surface area (Å²) >= 11 is 0. The standard InChI is InChI=1S/C15H22N4/c1-4-19-10-14(9-17-19)15(18-16)8-13-6-5-11(2)12(3)7-13/h5-7,9-10,15,18H,4,8,16H2,1-3H3. The van der Waals surface area contributed by atoms with Gasteiger partial charge in [0.25, 0.3) is 0 Å². The molecular formula is C15H22N4. The Balaban J connectivity index is 2.16. The zero-order valence-corrected chi connectivity index (χ0v) is 11.9. The average Bonchev–Trinajstić information content (AvgIpc) is 2.88. The SMILES string of the molecule is CCn1cc(C(Cc2ccc(C)c(C)c2)NN)cn1. The zero-order chi connectivity index (χ0) is 13.8. The largest absolute Gasteiger partial charge is 0.273 e. The molecule has 0 saturated heterocycles. The first kappa shape index (κ1) is 13.8. The minimum Gasteiger partial charge on any atom is -0.273 e. The highest BCUT2D eigenvalue weighted by Gasteiger charge is 2.13. The molecule has 0 aliphatic rings. The monoisotopic (exact) mass is 258 g/mol. The fourth-order valence-electron chi connectivity index (χ4n) is 2.17.